The summed E-state index contributed by atoms with van der Waals surface area (Å²) in [5, 5.41) is 9.20. The molecule has 1 N–H and O–H groups in total. The first-order valence-corrected chi connectivity index (χ1v) is 24.0. The lowest BCUT2D eigenvalue weighted by atomic mass is 9.84. The summed E-state index contributed by atoms with van der Waals surface area (Å²) >= 11 is 0. The minimum absolute atomic E-state index is 0.0246. The van der Waals surface area contributed by atoms with Crippen LogP contribution in [-0.4, -0.2) is 62.7 Å². The second kappa shape index (κ2) is 20.8. The number of benzene rings is 3. The van der Waals surface area contributed by atoms with Crippen molar-refractivity contribution in [3.63, 3.8) is 0 Å². The molecule has 2 fully saturated rings. The molecule has 4 unspecified atom stereocenters. The van der Waals surface area contributed by atoms with E-state index in [0.29, 0.717) is 25.0 Å². The summed E-state index contributed by atoms with van der Waals surface area (Å²) in [5.74, 6) is -0.0838. The van der Waals surface area contributed by atoms with Crippen molar-refractivity contribution >= 4 is 20.3 Å². The van der Waals surface area contributed by atoms with Crippen molar-refractivity contribution in [3.05, 3.63) is 90.5 Å². The van der Waals surface area contributed by atoms with Crippen LogP contribution in [0, 0.1) is 11.8 Å². The average Bonchev–Trinajstić information content (AvgIpc) is 3.49. The van der Waals surface area contributed by atoms with Crippen molar-refractivity contribution in [2.75, 3.05) is 6.61 Å². The van der Waals surface area contributed by atoms with E-state index >= 15 is 0 Å². The summed E-state index contributed by atoms with van der Waals surface area (Å²) in [6.45, 7) is 14.2. The molecule has 3 aromatic carbocycles. The number of carbonyl (C=O) groups excluding carboxylic acids is 1. The van der Waals surface area contributed by atoms with Crippen molar-refractivity contribution in [1.29, 1.82) is 0 Å². The normalized spacial score (nSPS) is 22.6. The molecule has 0 bridgehead atoms. The Morgan fingerprint density at radius 2 is 1.46 bits per heavy atom. The van der Waals surface area contributed by atoms with Crippen LogP contribution in [0.4, 0.5) is 0 Å². The maximum Gasteiger partial charge on any atom is 0.338 e. The summed E-state index contributed by atoms with van der Waals surface area (Å²) in [7, 11) is -2.18. The molecular formula is C47H66O8Si. The zero-order valence-corrected chi connectivity index (χ0v) is 35.6. The standard InChI is InChI=1S/C47H66O8Si/c1-34(52-38-21-13-10-14-22-38)41(55-56(5,6)47(2,3)4)31-30-40-39(23-15-7-8-16-24-44(48)49)43(33-42(40)53-45-25-17-18-32-51-45)54-46(50)37-28-26-36(27-29-37)35-19-11-9-12-20-35/h9-14,19-22,26-29,34,39-43,45H,7-8,15-18,23-25,30-33H2,1-6H3,(H,48,49)/t34?,39-,40-,41?,42?,43+,45?/m1/s1. The third-order valence-electron chi connectivity index (χ3n) is 12.2. The lowest BCUT2D eigenvalue weighted by molar-refractivity contribution is -0.196. The van der Waals surface area contributed by atoms with Gasteiger partial charge < -0.3 is 28.5 Å². The molecule has 306 valence electrons. The van der Waals surface area contributed by atoms with Crippen LogP contribution >= 0.6 is 0 Å². The fourth-order valence-electron chi connectivity index (χ4n) is 7.97. The van der Waals surface area contributed by atoms with Gasteiger partial charge in [-0.05, 0) is 111 Å². The third kappa shape index (κ3) is 12.8. The fourth-order valence-corrected chi connectivity index (χ4v) is 9.39. The van der Waals surface area contributed by atoms with Crippen LogP contribution in [0.2, 0.25) is 18.1 Å². The van der Waals surface area contributed by atoms with Gasteiger partial charge >= 0.3 is 11.9 Å². The minimum atomic E-state index is -2.18. The molecule has 0 spiro atoms. The predicted molar refractivity (Wildman–Crippen MR) is 224 cm³/mol. The maximum absolute atomic E-state index is 13.9. The number of aliphatic carboxylic acids is 1. The topological polar surface area (TPSA) is 101 Å². The molecule has 3 aromatic rings. The van der Waals surface area contributed by atoms with Crippen LogP contribution < -0.4 is 4.74 Å². The first-order valence-electron chi connectivity index (χ1n) is 21.1. The molecule has 1 heterocycles. The highest BCUT2D eigenvalue weighted by molar-refractivity contribution is 6.74. The van der Waals surface area contributed by atoms with Crippen molar-refractivity contribution < 1.29 is 38.1 Å². The summed E-state index contributed by atoms with van der Waals surface area (Å²) in [5.41, 5.74) is 2.67. The van der Waals surface area contributed by atoms with Crippen LogP contribution in [0.25, 0.3) is 11.1 Å². The predicted octanol–water partition coefficient (Wildman–Crippen LogP) is 11.5. The van der Waals surface area contributed by atoms with E-state index in [0.717, 1.165) is 74.7 Å². The zero-order valence-electron chi connectivity index (χ0n) is 34.6. The monoisotopic (exact) mass is 786 g/mol. The van der Waals surface area contributed by atoms with E-state index in [1.807, 2.05) is 72.8 Å². The highest BCUT2D eigenvalue weighted by atomic mass is 28.4. The van der Waals surface area contributed by atoms with Gasteiger partial charge in [-0.15, -0.1) is 0 Å². The van der Waals surface area contributed by atoms with Crippen LogP contribution in [-0.2, 0) is 23.4 Å². The number of hydrogen-bond donors (Lipinski definition) is 1. The van der Waals surface area contributed by atoms with Gasteiger partial charge in [0.05, 0.1) is 17.8 Å². The van der Waals surface area contributed by atoms with E-state index in [4.69, 9.17) is 23.4 Å². The molecule has 1 saturated heterocycles. The molecule has 1 aliphatic heterocycles. The number of esters is 1. The number of unbranched alkanes of at least 4 members (excludes halogenated alkanes) is 3. The van der Waals surface area contributed by atoms with E-state index in [1.165, 1.54) is 0 Å². The molecule has 0 amide bonds. The SMILES string of the molecule is CC(Oc1ccccc1)C(CC[C@H]1C(OC2CCCCO2)C[C@H](OC(=O)c2ccc(-c3ccccc3)cc2)[C@@H]1CCCCCCC(=O)O)O[Si](C)(C)C(C)(C)C. The van der Waals surface area contributed by atoms with Crippen LogP contribution in [0.1, 0.15) is 115 Å². The lowest BCUT2D eigenvalue weighted by Gasteiger charge is -2.41. The Morgan fingerprint density at radius 3 is 2.11 bits per heavy atom. The molecule has 7 atom stereocenters. The molecule has 56 heavy (non-hydrogen) atoms. The Kier molecular flexibility index (Phi) is 16.2. The first kappa shape index (κ1) is 43.6. The Bertz CT molecular complexity index is 1620. The van der Waals surface area contributed by atoms with E-state index in [-0.39, 0.29) is 60.0 Å². The molecule has 9 heteroatoms. The third-order valence-corrected chi connectivity index (χ3v) is 16.7. The van der Waals surface area contributed by atoms with Gasteiger partial charge in [0.2, 0.25) is 0 Å². The van der Waals surface area contributed by atoms with Crippen LogP contribution in [0.3, 0.4) is 0 Å². The zero-order chi connectivity index (χ0) is 40.1. The van der Waals surface area contributed by atoms with Gasteiger partial charge in [0.25, 0.3) is 0 Å². The minimum Gasteiger partial charge on any atom is -0.488 e. The molecule has 8 nitrogen and oxygen atoms in total. The van der Waals surface area contributed by atoms with Crippen LogP contribution in [0.15, 0.2) is 84.9 Å². The number of carboxylic acids is 1. The largest absolute Gasteiger partial charge is 0.488 e. The molecule has 1 aliphatic carbocycles. The lowest BCUT2D eigenvalue weighted by Crippen LogP contribution is -2.48. The molecule has 0 aromatic heterocycles. The quantitative estimate of drug-likeness (QED) is 0.0686. The number of rotatable bonds is 20. The summed E-state index contributed by atoms with van der Waals surface area (Å²) in [6.07, 6.45) is 8.48. The molecule has 5 rings (SSSR count). The Morgan fingerprint density at radius 1 is 0.821 bits per heavy atom. The Balaban J connectivity index is 1.39. The molecular weight excluding hydrogens is 721 g/mol. The smallest absolute Gasteiger partial charge is 0.338 e. The van der Waals surface area contributed by atoms with Gasteiger partial charge in [-0.3, -0.25) is 4.79 Å². The highest BCUT2D eigenvalue weighted by Gasteiger charge is 2.47. The van der Waals surface area contributed by atoms with E-state index in [2.05, 4.69) is 52.9 Å². The van der Waals surface area contributed by atoms with Gasteiger partial charge in [0, 0.05) is 25.4 Å². The van der Waals surface area contributed by atoms with Crippen molar-refractivity contribution in [3.8, 4) is 16.9 Å². The second-order valence-corrected chi connectivity index (χ2v) is 22.2. The molecule has 2 aliphatic rings. The first-order chi connectivity index (χ1) is 26.8. The van der Waals surface area contributed by atoms with Crippen molar-refractivity contribution in [2.45, 2.75) is 154 Å². The van der Waals surface area contributed by atoms with Gasteiger partial charge in [-0.25, -0.2) is 4.79 Å². The summed E-state index contributed by atoms with van der Waals surface area (Å²) < 4.78 is 33.2. The fraction of sp³-hybridized carbons (Fsp3) is 0.574. The average molecular weight is 787 g/mol. The maximum atomic E-state index is 13.9. The van der Waals surface area contributed by atoms with E-state index in [9.17, 15) is 14.7 Å². The van der Waals surface area contributed by atoms with Gasteiger partial charge in [0.1, 0.15) is 18.0 Å². The number of hydrogen-bond acceptors (Lipinski definition) is 7. The van der Waals surface area contributed by atoms with E-state index < -0.39 is 14.3 Å². The Hall–Kier alpha value is -3.50. The van der Waals surface area contributed by atoms with Crippen molar-refractivity contribution in [2.24, 2.45) is 11.8 Å². The number of carbonyl (C=O) groups is 2. The van der Waals surface area contributed by atoms with E-state index in [1.54, 1.807) is 0 Å². The van der Waals surface area contributed by atoms with Gasteiger partial charge in [0.15, 0.2) is 14.6 Å². The van der Waals surface area contributed by atoms with Crippen LogP contribution in [0.5, 0.6) is 5.75 Å². The van der Waals surface area contributed by atoms with Gasteiger partial charge in [-0.2, -0.15) is 0 Å². The summed E-state index contributed by atoms with van der Waals surface area (Å²) in [6, 6.07) is 27.8. The Labute approximate surface area is 336 Å². The number of carboxylic acid groups (broad SMARTS) is 1. The van der Waals surface area contributed by atoms with Gasteiger partial charge in [-0.1, -0.05) is 101 Å². The van der Waals surface area contributed by atoms with Crippen molar-refractivity contribution in [1.82, 2.24) is 0 Å². The summed E-state index contributed by atoms with van der Waals surface area (Å²) in [4.78, 5) is 25.0. The molecule has 1 saturated carbocycles. The second-order valence-electron chi connectivity index (χ2n) is 17.4. The number of ether oxygens (including phenoxy) is 4. The number of para-hydroxylation sites is 1. The molecule has 0 radical (unpaired) electrons. The highest BCUT2D eigenvalue weighted by Crippen LogP contribution is 2.45.